The van der Waals surface area contributed by atoms with Gasteiger partial charge < -0.3 is 14.4 Å². The first kappa shape index (κ1) is 21.2. The van der Waals surface area contributed by atoms with Crippen molar-refractivity contribution in [2.45, 2.75) is 25.2 Å². The summed E-state index contributed by atoms with van der Waals surface area (Å²) in [5.41, 5.74) is 5.01. The quantitative estimate of drug-likeness (QED) is 0.587. The summed E-state index contributed by atoms with van der Waals surface area (Å²) in [6.45, 7) is 7.03. The van der Waals surface area contributed by atoms with E-state index in [1.807, 2.05) is 44.2 Å². The van der Waals surface area contributed by atoms with Crippen molar-refractivity contribution in [3.8, 4) is 5.75 Å². The highest BCUT2D eigenvalue weighted by atomic mass is 32.2. The van der Waals surface area contributed by atoms with Gasteiger partial charge >= 0.3 is 0 Å². The molecule has 0 radical (unpaired) electrons. The fourth-order valence-electron chi connectivity index (χ4n) is 4.52. The lowest BCUT2D eigenvalue weighted by molar-refractivity contribution is 0.0730. The number of fused-ring (bicyclic) bond motifs is 2. The Labute approximate surface area is 188 Å². The van der Waals surface area contributed by atoms with E-state index >= 15 is 0 Å². The van der Waals surface area contributed by atoms with Gasteiger partial charge in [-0.05, 0) is 68.3 Å². The van der Waals surface area contributed by atoms with E-state index in [0.717, 1.165) is 52.3 Å². The van der Waals surface area contributed by atoms with E-state index in [-0.39, 0.29) is 0 Å². The topological polar surface area (TPSA) is 72.0 Å². The number of aromatic nitrogens is 1. The number of anilines is 2. The SMILES string of the molecule is CCOc1ccc2nc(C)cc(N3CCc4cc(S(=O)(=O)N5CCOCC5)ccc43)c2c1. The fraction of sp³-hybridized carbons (Fsp3) is 0.375. The zero-order chi connectivity index (χ0) is 22.3. The second-order valence-corrected chi connectivity index (χ2v) is 10.0. The number of benzene rings is 2. The smallest absolute Gasteiger partial charge is 0.243 e. The molecule has 2 aliphatic rings. The first-order valence-electron chi connectivity index (χ1n) is 11.0. The molecule has 0 saturated carbocycles. The maximum atomic E-state index is 13.1. The highest BCUT2D eigenvalue weighted by molar-refractivity contribution is 7.89. The summed E-state index contributed by atoms with van der Waals surface area (Å²) < 4.78 is 38.7. The molecule has 8 heteroatoms. The molecule has 0 bridgehead atoms. The Morgan fingerprint density at radius 1 is 1.03 bits per heavy atom. The van der Waals surface area contributed by atoms with Crippen molar-refractivity contribution < 1.29 is 17.9 Å². The van der Waals surface area contributed by atoms with Crippen molar-refractivity contribution >= 4 is 32.3 Å². The highest BCUT2D eigenvalue weighted by Gasteiger charge is 2.29. The molecule has 32 heavy (non-hydrogen) atoms. The third-order valence-corrected chi connectivity index (χ3v) is 7.94. The van der Waals surface area contributed by atoms with Gasteiger partial charge in [-0.15, -0.1) is 0 Å². The molecule has 3 heterocycles. The third-order valence-electron chi connectivity index (χ3n) is 6.04. The number of aryl methyl sites for hydroxylation is 1. The third kappa shape index (κ3) is 3.72. The zero-order valence-electron chi connectivity index (χ0n) is 18.4. The van der Waals surface area contributed by atoms with Gasteiger partial charge in [0.05, 0.1) is 35.9 Å². The largest absolute Gasteiger partial charge is 0.494 e. The minimum atomic E-state index is -3.51. The molecular formula is C24H27N3O4S. The lowest BCUT2D eigenvalue weighted by Gasteiger charge is -2.26. The molecule has 0 amide bonds. The predicted octanol–water partition coefficient (Wildman–Crippen LogP) is 3.66. The van der Waals surface area contributed by atoms with E-state index in [9.17, 15) is 8.42 Å². The van der Waals surface area contributed by atoms with Crippen molar-refractivity contribution in [3.63, 3.8) is 0 Å². The summed E-state index contributed by atoms with van der Waals surface area (Å²) in [6, 6.07) is 13.6. The molecule has 2 aliphatic heterocycles. The van der Waals surface area contributed by atoms with Gasteiger partial charge in [-0.25, -0.2) is 8.42 Å². The Morgan fingerprint density at radius 2 is 1.84 bits per heavy atom. The summed E-state index contributed by atoms with van der Waals surface area (Å²) in [5.74, 6) is 0.818. The first-order valence-corrected chi connectivity index (χ1v) is 12.4. The summed E-state index contributed by atoms with van der Waals surface area (Å²) in [4.78, 5) is 7.30. The van der Waals surface area contributed by atoms with Crippen LogP contribution in [0.15, 0.2) is 47.4 Å². The van der Waals surface area contributed by atoms with Crippen LogP contribution in [-0.4, -0.2) is 57.2 Å². The van der Waals surface area contributed by atoms with Gasteiger partial charge in [-0.3, -0.25) is 4.98 Å². The van der Waals surface area contributed by atoms with E-state index in [0.29, 0.717) is 37.8 Å². The van der Waals surface area contributed by atoms with Gasteiger partial charge in [0.1, 0.15) is 5.75 Å². The molecule has 1 aromatic heterocycles. The van der Waals surface area contributed by atoms with Crippen LogP contribution in [0.25, 0.3) is 10.9 Å². The van der Waals surface area contributed by atoms with Crippen LogP contribution < -0.4 is 9.64 Å². The van der Waals surface area contributed by atoms with Crippen molar-refractivity contribution in [1.82, 2.24) is 9.29 Å². The number of rotatable bonds is 5. The molecule has 5 rings (SSSR count). The summed E-state index contributed by atoms with van der Waals surface area (Å²) >= 11 is 0. The lowest BCUT2D eigenvalue weighted by atomic mass is 10.1. The molecule has 0 unspecified atom stereocenters. The van der Waals surface area contributed by atoms with Crippen LogP contribution in [0.1, 0.15) is 18.2 Å². The normalized spacial score (nSPS) is 17.0. The Balaban J connectivity index is 1.54. The number of sulfonamides is 1. The average molecular weight is 454 g/mol. The van der Waals surface area contributed by atoms with E-state index in [1.54, 1.807) is 6.07 Å². The second-order valence-electron chi connectivity index (χ2n) is 8.10. The number of morpholine rings is 1. The molecule has 2 aromatic carbocycles. The van der Waals surface area contributed by atoms with E-state index in [4.69, 9.17) is 9.47 Å². The Bertz CT molecular complexity index is 1270. The van der Waals surface area contributed by atoms with Crippen molar-refractivity contribution in [1.29, 1.82) is 0 Å². The van der Waals surface area contributed by atoms with Gasteiger partial charge in [0.15, 0.2) is 0 Å². The molecule has 0 aliphatic carbocycles. The average Bonchev–Trinajstić information content (AvgIpc) is 3.23. The van der Waals surface area contributed by atoms with E-state index in [1.165, 1.54) is 4.31 Å². The maximum Gasteiger partial charge on any atom is 0.243 e. The zero-order valence-corrected chi connectivity index (χ0v) is 19.2. The van der Waals surface area contributed by atoms with Gasteiger partial charge in [0.2, 0.25) is 10.0 Å². The van der Waals surface area contributed by atoms with Crippen LogP contribution >= 0.6 is 0 Å². The van der Waals surface area contributed by atoms with Crippen molar-refractivity contribution in [3.05, 3.63) is 53.7 Å². The Hall–Kier alpha value is -2.68. The molecule has 0 spiro atoms. The predicted molar refractivity (Wildman–Crippen MR) is 124 cm³/mol. The standard InChI is InChI=1S/C24H27N3O4S/c1-3-31-19-4-6-22-21(16-19)24(14-17(2)25-22)27-9-8-18-15-20(5-7-23(18)27)32(28,29)26-10-12-30-13-11-26/h4-7,14-16H,3,8-13H2,1-2H3. The summed E-state index contributed by atoms with van der Waals surface area (Å²) in [7, 11) is -3.51. The summed E-state index contributed by atoms with van der Waals surface area (Å²) in [5, 5.41) is 1.03. The van der Waals surface area contributed by atoms with Crippen LogP contribution in [0, 0.1) is 6.92 Å². The number of nitrogens with zero attached hydrogens (tertiary/aromatic N) is 3. The van der Waals surface area contributed by atoms with Gasteiger partial charge in [0, 0.05) is 36.4 Å². The highest BCUT2D eigenvalue weighted by Crippen LogP contribution is 2.40. The molecule has 3 aromatic rings. The second kappa shape index (κ2) is 8.35. The molecule has 0 N–H and O–H groups in total. The minimum absolute atomic E-state index is 0.356. The minimum Gasteiger partial charge on any atom is -0.494 e. The van der Waals surface area contributed by atoms with E-state index < -0.39 is 10.0 Å². The molecule has 1 saturated heterocycles. The molecule has 7 nitrogen and oxygen atoms in total. The van der Waals surface area contributed by atoms with Crippen molar-refractivity contribution in [2.75, 3.05) is 44.4 Å². The molecule has 0 atom stereocenters. The monoisotopic (exact) mass is 453 g/mol. The Morgan fingerprint density at radius 3 is 2.62 bits per heavy atom. The van der Waals surface area contributed by atoms with Crippen LogP contribution in [0.3, 0.4) is 0 Å². The van der Waals surface area contributed by atoms with Crippen molar-refractivity contribution in [2.24, 2.45) is 0 Å². The van der Waals surface area contributed by atoms with Crippen LogP contribution in [-0.2, 0) is 21.2 Å². The number of hydrogen-bond acceptors (Lipinski definition) is 6. The molecular weight excluding hydrogens is 426 g/mol. The summed E-state index contributed by atoms with van der Waals surface area (Å²) in [6.07, 6.45) is 0.788. The van der Waals surface area contributed by atoms with Gasteiger partial charge in [-0.1, -0.05) is 0 Å². The fourth-order valence-corrected chi connectivity index (χ4v) is 5.98. The van der Waals surface area contributed by atoms with Gasteiger partial charge in [-0.2, -0.15) is 4.31 Å². The maximum absolute atomic E-state index is 13.1. The lowest BCUT2D eigenvalue weighted by Crippen LogP contribution is -2.40. The Kier molecular flexibility index (Phi) is 5.53. The van der Waals surface area contributed by atoms with E-state index in [2.05, 4.69) is 16.0 Å². The van der Waals surface area contributed by atoms with Crippen LogP contribution in [0.5, 0.6) is 5.75 Å². The number of ether oxygens (including phenoxy) is 2. The number of pyridine rings is 1. The molecule has 1 fully saturated rings. The molecule has 168 valence electrons. The van der Waals surface area contributed by atoms with Crippen LogP contribution in [0.4, 0.5) is 11.4 Å². The van der Waals surface area contributed by atoms with Gasteiger partial charge in [0.25, 0.3) is 0 Å². The first-order chi connectivity index (χ1) is 15.5. The van der Waals surface area contributed by atoms with Crippen LogP contribution in [0.2, 0.25) is 0 Å². The number of hydrogen-bond donors (Lipinski definition) is 0.